The molecule has 0 aliphatic heterocycles. The maximum Gasteiger partial charge on any atom is 0.321 e. The second-order valence-electron chi connectivity index (χ2n) is 5.95. The van der Waals surface area contributed by atoms with Gasteiger partial charge in [-0.3, -0.25) is 14.7 Å². The Morgan fingerprint density at radius 1 is 1.18 bits per heavy atom. The van der Waals surface area contributed by atoms with E-state index in [9.17, 15) is 9.59 Å². The highest BCUT2D eigenvalue weighted by atomic mass is 32.2. The zero-order valence-corrected chi connectivity index (χ0v) is 16.4. The summed E-state index contributed by atoms with van der Waals surface area (Å²) in [6, 6.07) is 12.5. The fraction of sp³-hybridized carbons (Fsp3) is 0.263. The molecule has 0 saturated carbocycles. The van der Waals surface area contributed by atoms with Crippen LogP contribution >= 0.6 is 11.8 Å². The summed E-state index contributed by atoms with van der Waals surface area (Å²) in [5.41, 5.74) is 0.953. The van der Waals surface area contributed by atoms with Crippen LogP contribution in [0.5, 0.6) is 0 Å². The zero-order valence-electron chi connectivity index (χ0n) is 15.6. The van der Waals surface area contributed by atoms with Crippen LogP contribution in [0.15, 0.2) is 58.3 Å². The number of furan rings is 1. The number of thioether (sulfide) groups is 1. The summed E-state index contributed by atoms with van der Waals surface area (Å²) in [6.07, 6.45) is 1.57. The summed E-state index contributed by atoms with van der Waals surface area (Å²) in [4.78, 5) is 24.3. The van der Waals surface area contributed by atoms with Gasteiger partial charge in [-0.2, -0.15) is 0 Å². The van der Waals surface area contributed by atoms with E-state index in [1.165, 1.54) is 11.8 Å². The molecule has 0 fully saturated rings. The molecule has 1 atom stereocenters. The van der Waals surface area contributed by atoms with Crippen molar-refractivity contribution in [3.8, 4) is 11.6 Å². The summed E-state index contributed by atoms with van der Waals surface area (Å²) in [5.74, 6) is 0.808. The molecule has 0 aliphatic rings. The lowest BCUT2D eigenvalue weighted by molar-refractivity contribution is -0.119. The van der Waals surface area contributed by atoms with Crippen LogP contribution in [0.4, 0.5) is 4.79 Å². The second kappa shape index (κ2) is 9.23. The van der Waals surface area contributed by atoms with E-state index in [1.54, 1.807) is 25.3 Å². The summed E-state index contributed by atoms with van der Waals surface area (Å²) < 4.78 is 7.24. The van der Waals surface area contributed by atoms with E-state index in [-0.39, 0.29) is 0 Å². The average Bonchev–Trinajstić information content (AvgIpc) is 3.36. The molecular formula is C19H21N5O3S. The van der Waals surface area contributed by atoms with E-state index in [1.807, 2.05) is 41.8 Å². The molecular weight excluding hydrogens is 378 g/mol. The van der Waals surface area contributed by atoms with Crippen molar-refractivity contribution >= 4 is 23.7 Å². The van der Waals surface area contributed by atoms with Gasteiger partial charge in [0.2, 0.25) is 5.91 Å². The van der Waals surface area contributed by atoms with Crippen LogP contribution in [-0.4, -0.2) is 32.0 Å². The molecule has 8 nitrogen and oxygen atoms in total. The Hall–Kier alpha value is -3.07. The highest BCUT2D eigenvalue weighted by Gasteiger charge is 2.22. The number of rotatable bonds is 7. The number of hydrogen-bond donors (Lipinski definition) is 2. The fourth-order valence-electron chi connectivity index (χ4n) is 2.50. The van der Waals surface area contributed by atoms with Crippen LogP contribution in [0, 0.1) is 0 Å². The molecule has 0 saturated heterocycles. The smallest absolute Gasteiger partial charge is 0.321 e. The van der Waals surface area contributed by atoms with Gasteiger partial charge in [-0.05, 0) is 31.5 Å². The quantitative estimate of drug-likeness (QED) is 0.592. The Morgan fingerprint density at radius 2 is 1.96 bits per heavy atom. The molecule has 1 aromatic carbocycles. The minimum atomic E-state index is -0.533. The van der Waals surface area contributed by atoms with Gasteiger partial charge in [-0.25, -0.2) is 4.79 Å². The van der Waals surface area contributed by atoms with Gasteiger partial charge >= 0.3 is 6.03 Å². The first-order valence-electron chi connectivity index (χ1n) is 8.84. The molecule has 3 rings (SSSR count). The number of carbonyl (C=O) groups is 2. The van der Waals surface area contributed by atoms with Gasteiger partial charge in [-0.1, -0.05) is 42.1 Å². The van der Waals surface area contributed by atoms with Crippen molar-refractivity contribution in [2.24, 2.45) is 0 Å². The van der Waals surface area contributed by atoms with E-state index in [2.05, 4.69) is 20.8 Å². The third-order valence-electron chi connectivity index (χ3n) is 3.96. The molecule has 2 aromatic heterocycles. The van der Waals surface area contributed by atoms with E-state index in [0.29, 0.717) is 29.8 Å². The minimum absolute atomic E-state index is 0.345. The first-order chi connectivity index (χ1) is 13.6. The average molecular weight is 399 g/mol. The van der Waals surface area contributed by atoms with Crippen LogP contribution in [0.2, 0.25) is 0 Å². The van der Waals surface area contributed by atoms with Gasteiger partial charge < -0.3 is 9.73 Å². The van der Waals surface area contributed by atoms with Crippen molar-refractivity contribution < 1.29 is 14.0 Å². The topological polar surface area (TPSA) is 102 Å². The normalized spacial score (nSPS) is 11.8. The molecule has 2 heterocycles. The lowest BCUT2D eigenvalue weighted by Gasteiger charge is -2.12. The lowest BCUT2D eigenvalue weighted by atomic mass is 10.2. The Bertz CT molecular complexity index is 924. The van der Waals surface area contributed by atoms with Crippen LogP contribution in [-0.2, 0) is 17.9 Å². The van der Waals surface area contributed by atoms with Gasteiger partial charge in [-0.15, -0.1) is 10.2 Å². The number of hydrogen-bond acceptors (Lipinski definition) is 6. The molecule has 9 heteroatoms. The Balaban J connectivity index is 1.56. The van der Waals surface area contributed by atoms with Crippen LogP contribution in [0.25, 0.3) is 11.6 Å². The summed E-state index contributed by atoms with van der Waals surface area (Å²) in [5, 5.41) is 13.4. The summed E-state index contributed by atoms with van der Waals surface area (Å²) >= 11 is 1.23. The van der Waals surface area contributed by atoms with Gasteiger partial charge in [0.05, 0.1) is 11.5 Å². The maximum absolute atomic E-state index is 12.3. The van der Waals surface area contributed by atoms with E-state index >= 15 is 0 Å². The number of carbonyl (C=O) groups excluding carboxylic acids is 2. The highest BCUT2D eigenvalue weighted by molar-refractivity contribution is 8.00. The van der Waals surface area contributed by atoms with Gasteiger partial charge in [0.1, 0.15) is 0 Å². The lowest BCUT2D eigenvalue weighted by Crippen LogP contribution is -2.42. The largest absolute Gasteiger partial charge is 0.461 e. The molecule has 0 bridgehead atoms. The molecule has 1 unspecified atom stereocenters. The molecule has 146 valence electrons. The predicted molar refractivity (Wildman–Crippen MR) is 106 cm³/mol. The Morgan fingerprint density at radius 3 is 2.64 bits per heavy atom. The number of nitrogens with one attached hydrogen (secondary N) is 2. The number of aromatic nitrogens is 3. The monoisotopic (exact) mass is 399 g/mol. The SMILES string of the molecule is CCn1c(SC(C)C(=O)NC(=O)NCc2ccccc2)nnc1-c1ccco1. The minimum Gasteiger partial charge on any atom is -0.461 e. The van der Waals surface area contributed by atoms with Crippen molar-refractivity contribution in [3.05, 3.63) is 54.3 Å². The van der Waals surface area contributed by atoms with E-state index in [4.69, 9.17) is 4.42 Å². The van der Waals surface area contributed by atoms with Crippen molar-refractivity contribution in [1.82, 2.24) is 25.4 Å². The maximum atomic E-state index is 12.3. The highest BCUT2D eigenvalue weighted by Crippen LogP contribution is 2.26. The van der Waals surface area contributed by atoms with Gasteiger partial charge in [0.15, 0.2) is 16.7 Å². The van der Waals surface area contributed by atoms with E-state index < -0.39 is 17.2 Å². The zero-order chi connectivity index (χ0) is 19.9. The number of urea groups is 1. The molecule has 28 heavy (non-hydrogen) atoms. The molecule has 2 N–H and O–H groups in total. The van der Waals surface area contributed by atoms with Crippen molar-refractivity contribution in [2.75, 3.05) is 0 Å². The predicted octanol–water partition coefficient (Wildman–Crippen LogP) is 3.06. The van der Waals surface area contributed by atoms with Crippen molar-refractivity contribution in [3.63, 3.8) is 0 Å². The molecule has 3 aromatic rings. The number of amides is 3. The molecule has 0 radical (unpaired) electrons. The number of benzene rings is 1. The standard InChI is InChI=1S/C19H21N5O3S/c1-3-24-16(15-10-7-11-27-15)22-23-19(24)28-13(2)17(25)21-18(26)20-12-14-8-5-4-6-9-14/h4-11,13H,3,12H2,1-2H3,(H2,20,21,25,26). The molecule has 0 aliphatic carbocycles. The van der Waals surface area contributed by atoms with Crippen molar-refractivity contribution in [1.29, 1.82) is 0 Å². The molecule has 3 amide bonds. The first kappa shape index (κ1) is 19.7. The summed E-state index contributed by atoms with van der Waals surface area (Å²) in [6.45, 7) is 4.64. The van der Waals surface area contributed by atoms with Gasteiger partial charge in [0, 0.05) is 13.1 Å². The van der Waals surface area contributed by atoms with Crippen LogP contribution < -0.4 is 10.6 Å². The van der Waals surface area contributed by atoms with Crippen LogP contribution in [0.1, 0.15) is 19.4 Å². The third-order valence-corrected chi connectivity index (χ3v) is 5.04. The van der Waals surface area contributed by atoms with E-state index in [0.717, 1.165) is 5.56 Å². The number of nitrogens with zero attached hydrogens (tertiary/aromatic N) is 3. The Kier molecular flexibility index (Phi) is 6.49. The number of imide groups is 1. The van der Waals surface area contributed by atoms with Crippen LogP contribution in [0.3, 0.4) is 0 Å². The Labute approximate surface area is 166 Å². The van der Waals surface area contributed by atoms with Crippen molar-refractivity contribution in [2.45, 2.75) is 37.3 Å². The van der Waals surface area contributed by atoms with Gasteiger partial charge in [0.25, 0.3) is 0 Å². The summed E-state index contributed by atoms with van der Waals surface area (Å²) in [7, 11) is 0. The first-order valence-corrected chi connectivity index (χ1v) is 9.72. The second-order valence-corrected chi connectivity index (χ2v) is 7.25. The fourth-order valence-corrected chi connectivity index (χ4v) is 3.41. The molecule has 0 spiro atoms. The third kappa shape index (κ3) is 4.80.